The van der Waals surface area contributed by atoms with Crippen molar-refractivity contribution in [2.45, 2.75) is 112 Å². The zero-order valence-corrected chi connectivity index (χ0v) is 27.8. The van der Waals surface area contributed by atoms with Gasteiger partial charge in [0, 0.05) is 25.0 Å². The van der Waals surface area contributed by atoms with E-state index in [1.807, 2.05) is 0 Å². The van der Waals surface area contributed by atoms with E-state index < -0.39 is 0 Å². The highest BCUT2D eigenvalue weighted by Gasteiger charge is 2.71. The number of allylic oxidation sites excluding steroid dienone is 1. The number of hydrogen-bond donors (Lipinski definition) is 0. The predicted molar refractivity (Wildman–Crippen MR) is 164 cm³/mol. The van der Waals surface area contributed by atoms with E-state index in [1.54, 1.807) is 14.2 Å². The van der Waals surface area contributed by atoms with Crippen molar-refractivity contribution in [1.29, 1.82) is 0 Å². The van der Waals surface area contributed by atoms with Gasteiger partial charge in [-0.3, -0.25) is 0 Å². The quantitative estimate of drug-likeness (QED) is 0.218. The van der Waals surface area contributed by atoms with E-state index in [0.29, 0.717) is 36.2 Å². The summed E-state index contributed by atoms with van der Waals surface area (Å²) in [5, 5.41) is 0. The second-order valence-electron chi connectivity index (χ2n) is 16.4. The molecular formula is C36H58O6. The van der Waals surface area contributed by atoms with Gasteiger partial charge in [0.1, 0.15) is 19.3 Å². The number of carbonyl (C=O) groups excluding carboxylic acids is 2. The molecule has 0 radical (unpaired) electrons. The summed E-state index contributed by atoms with van der Waals surface area (Å²) in [5.41, 5.74) is 1.99. The molecule has 6 nitrogen and oxygen atoms in total. The first-order valence-corrected chi connectivity index (χ1v) is 16.7. The van der Waals surface area contributed by atoms with Crippen LogP contribution >= 0.6 is 0 Å². The normalized spacial score (nSPS) is 45.5. The molecule has 0 N–H and O–H groups in total. The molecule has 0 aromatic rings. The number of esters is 2. The highest BCUT2D eigenvalue weighted by Crippen LogP contribution is 2.77. The fourth-order valence-electron chi connectivity index (χ4n) is 12.4. The van der Waals surface area contributed by atoms with Crippen molar-refractivity contribution in [3.05, 3.63) is 12.2 Å². The van der Waals surface area contributed by atoms with Crippen molar-refractivity contribution in [3.8, 4) is 0 Å². The van der Waals surface area contributed by atoms with Crippen LogP contribution in [0.2, 0.25) is 0 Å². The number of rotatable bonds is 8. The molecule has 0 bridgehead atoms. The average Bonchev–Trinajstić information content (AvgIpc) is 3.30. The van der Waals surface area contributed by atoms with E-state index in [0.717, 1.165) is 32.1 Å². The van der Waals surface area contributed by atoms with Crippen LogP contribution in [-0.2, 0) is 28.5 Å². The minimum atomic E-state index is -0.245. The second-order valence-corrected chi connectivity index (χ2v) is 16.4. The van der Waals surface area contributed by atoms with Crippen molar-refractivity contribution in [2.24, 2.45) is 56.7 Å². The number of carbonyl (C=O) groups is 2. The lowest BCUT2D eigenvalue weighted by atomic mass is 9.32. The fourth-order valence-corrected chi connectivity index (χ4v) is 12.4. The fraction of sp³-hybridized carbons (Fsp3) is 0.889. The standard InChI is InChI=1S/C36H58O6/c1-23(2)24-12-17-36(22-41-29(37)20-39-8)19-18-34(6)25(31(24)36)10-11-27-33(5)15-14-28(42-30(38)21-40-9)32(3,4)26(33)13-16-35(27,34)7/h24-28,31H,1,10-22H2,2-9H3/t24-,25+,26-,27+,28-,31?,33-,34+,35+,36+/m0/s1. The van der Waals surface area contributed by atoms with Gasteiger partial charge in [-0.1, -0.05) is 46.8 Å². The van der Waals surface area contributed by atoms with Crippen molar-refractivity contribution in [3.63, 3.8) is 0 Å². The number of fused-ring (bicyclic) bond motifs is 7. The predicted octanol–water partition coefficient (Wildman–Crippen LogP) is 7.39. The molecule has 5 aliphatic carbocycles. The van der Waals surface area contributed by atoms with Crippen LogP contribution in [0.25, 0.3) is 0 Å². The zero-order chi connectivity index (χ0) is 30.7. The van der Waals surface area contributed by atoms with Crippen molar-refractivity contribution >= 4 is 11.9 Å². The minimum absolute atomic E-state index is 0.0219. The van der Waals surface area contributed by atoms with Crippen LogP contribution in [0.5, 0.6) is 0 Å². The summed E-state index contributed by atoms with van der Waals surface area (Å²) in [6.45, 7) is 19.9. The van der Waals surface area contributed by atoms with Crippen LogP contribution in [0.1, 0.15) is 106 Å². The summed E-state index contributed by atoms with van der Waals surface area (Å²) >= 11 is 0. The van der Waals surface area contributed by atoms with Gasteiger partial charge in [-0.05, 0) is 117 Å². The maximum atomic E-state index is 12.4. The third-order valence-electron chi connectivity index (χ3n) is 14.5. The first-order chi connectivity index (χ1) is 19.7. The molecule has 42 heavy (non-hydrogen) atoms. The lowest BCUT2D eigenvalue weighted by molar-refractivity contribution is -0.252. The van der Waals surface area contributed by atoms with E-state index in [-0.39, 0.29) is 58.3 Å². The third kappa shape index (κ3) is 4.71. The van der Waals surface area contributed by atoms with Gasteiger partial charge < -0.3 is 18.9 Å². The van der Waals surface area contributed by atoms with Crippen molar-refractivity contribution in [2.75, 3.05) is 34.0 Å². The van der Waals surface area contributed by atoms with Crippen LogP contribution in [0, 0.1) is 56.7 Å². The maximum absolute atomic E-state index is 12.4. The van der Waals surface area contributed by atoms with Gasteiger partial charge in [0.25, 0.3) is 0 Å². The van der Waals surface area contributed by atoms with Crippen LogP contribution in [0.15, 0.2) is 12.2 Å². The summed E-state index contributed by atoms with van der Waals surface area (Å²) in [5.74, 6) is 2.31. The molecule has 0 heterocycles. The molecule has 238 valence electrons. The van der Waals surface area contributed by atoms with E-state index in [4.69, 9.17) is 18.9 Å². The molecule has 0 spiro atoms. The molecule has 0 aliphatic heterocycles. The number of ether oxygens (including phenoxy) is 4. The summed E-state index contributed by atoms with van der Waals surface area (Å²) < 4.78 is 22.1. The molecule has 0 aromatic heterocycles. The zero-order valence-electron chi connectivity index (χ0n) is 27.8. The monoisotopic (exact) mass is 586 g/mol. The van der Waals surface area contributed by atoms with Gasteiger partial charge in [0.2, 0.25) is 0 Å². The Hall–Kier alpha value is -1.40. The molecular weight excluding hydrogens is 528 g/mol. The van der Waals surface area contributed by atoms with Gasteiger partial charge in [0.05, 0.1) is 6.61 Å². The molecule has 6 heteroatoms. The second kappa shape index (κ2) is 11.2. The smallest absolute Gasteiger partial charge is 0.332 e. The Bertz CT molecular complexity index is 1070. The molecule has 0 aromatic carbocycles. The molecule has 0 saturated heterocycles. The van der Waals surface area contributed by atoms with Crippen LogP contribution < -0.4 is 0 Å². The highest BCUT2D eigenvalue weighted by molar-refractivity contribution is 5.71. The summed E-state index contributed by atoms with van der Waals surface area (Å²) in [4.78, 5) is 24.8. The molecule has 5 saturated carbocycles. The Labute approximate surface area is 255 Å². The van der Waals surface area contributed by atoms with Crippen LogP contribution in [0.3, 0.4) is 0 Å². The molecule has 1 unspecified atom stereocenters. The third-order valence-corrected chi connectivity index (χ3v) is 14.5. The van der Waals surface area contributed by atoms with Gasteiger partial charge in [-0.15, -0.1) is 0 Å². The minimum Gasteiger partial charge on any atom is -0.463 e. The Morgan fingerprint density at radius 3 is 2.12 bits per heavy atom. The van der Waals surface area contributed by atoms with E-state index in [9.17, 15) is 9.59 Å². The lowest BCUT2D eigenvalue weighted by Gasteiger charge is -2.73. The molecule has 5 aliphatic rings. The van der Waals surface area contributed by atoms with E-state index in [1.165, 1.54) is 37.7 Å². The Kier molecular flexibility index (Phi) is 8.53. The Balaban J connectivity index is 1.44. The average molecular weight is 587 g/mol. The number of hydrogen-bond acceptors (Lipinski definition) is 6. The molecule has 0 amide bonds. The van der Waals surface area contributed by atoms with E-state index in [2.05, 4.69) is 48.1 Å². The Morgan fingerprint density at radius 2 is 1.45 bits per heavy atom. The van der Waals surface area contributed by atoms with Crippen molar-refractivity contribution in [1.82, 2.24) is 0 Å². The van der Waals surface area contributed by atoms with Gasteiger partial charge in [-0.2, -0.15) is 0 Å². The topological polar surface area (TPSA) is 71.1 Å². The largest absolute Gasteiger partial charge is 0.463 e. The molecule has 10 atom stereocenters. The highest BCUT2D eigenvalue weighted by atomic mass is 16.6. The van der Waals surface area contributed by atoms with Gasteiger partial charge in [0.15, 0.2) is 0 Å². The summed E-state index contributed by atoms with van der Waals surface area (Å²) in [6.07, 6.45) is 11.5. The molecule has 5 fully saturated rings. The maximum Gasteiger partial charge on any atom is 0.332 e. The first kappa shape index (κ1) is 32.0. The SMILES string of the molecule is C=C(C)[C@@H]1CC[C@]2(COC(=O)COC)CC[C@]3(C)[C@H](CC[C@@H]4[C@@]5(C)CC[C@H](OC(=O)COC)C(C)(C)[C@@H]5CC[C@]43C)C12. The first-order valence-electron chi connectivity index (χ1n) is 16.7. The lowest BCUT2D eigenvalue weighted by Crippen LogP contribution is -2.67. The van der Waals surface area contributed by atoms with Gasteiger partial charge >= 0.3 is 11.9 Å². The summed E-state index contributed by atoms with van der Waals surface area (Å²) in [7, 11) is 3.10. The summed E-state index contributed by atoms with van der Waals surface area (Å²) in [6, 6.07) is 0. The number of methoxy groups -OCH3 is 2. The van der Waals surface area contributed by atoms with Gasteiger partial charge in [-0.25, -0.2) is 9.59 Å². The van der Waals surface area contributed by atoms with Crippen LogP contribution in [-0.4, -0.2) is 52.1 Å². The van der Waals surface area contributed by atoms with E-state index >= 15 is 0 Å². The molecule has 5 rings (SSSR count). The van der Waals surface area contributed by atoms with Crippen LogP contribution in [0.4, 0.5) is 0 Å². The Morgan fingerprint density at radius 1 is 0.762 bits per heavy atom. The van der Waals surface area contributed by atoms with Crippen molar-refractivity contribution < 1.29 is 28.5 Å².